The van der Waals surface area contributed by atoms with E-state index < -0.39 is 0 Å². The molecule has 1 saturated heterocycles. The number of rotatable bonds is 2. The van der Waals surface area contributed by atoms with E-state index in [4.69, 9.17) is 5.73 Å². The third-order valence-electron chi connectivity index (χ3n) is 3.28. The number of benzene rings is 1. The van der Waals surface area contributed by atoms with Crippen molar-refractivity contribution in [1.82, 2.24) is 9.80 Å². The normalized spacial score (nSPS) is 19.2. The van der Waals surface area contributed by atoms with Gasteiger partial charge in [0.1, 0.15) is 0 Å². The number of anilines is 1. The second kappa shape index (κ2) is 5.85. The molecule has 0 spiro atoms. The highest BCUT2D eigenvalue weighted by Crippen LogP contribution is 2.21. The summed E-state index contributed by atoms with van der Waals surface area (Å²) in [6.07, 6.45) is 1.25. The lowest BCUT2D eigenvalue weighted by molar-refractivity contribution is 0.269. The van der Waals surface area contributed by atoms with Crippen LogP contribution in [-0.4, -0.2) is 43.0 Å². The summed E-state index contributed by atoms with van der Waals surface area (Å²) >= 11 is 3.43. The first kappa shape index (κ1) is 12.9. The number of hydrogen-bond acceptors (Lipinski definition) is 3. The number of hydrogen-bond donors (Lipinski definition) is 1. The topological polar surface area (TPSA) is 32.5 Å². The molecule has 0 saturated carbocycles. The lowest BCUT2D eigenvalue weighted by atomic mass is 10.2. The van der Waals surface area contributed by atoms with Crippen molar-refractivity contribution in [1.29, 1.82) is 0 Å². The molecule has 0 aliphatic carbocycles. The Balaban J connectivity index is 1.97. The Morgan fingerprint density at radius 1 is 1.24 bits per heavy atom. The Labute approximate surface area is 112 Å². The Morgan fingerprint density at radius 2 is 2.06 bits per heavy atom. The van der Waals surface area contributed by atoms with Crippen molar-refractivity contribution >= 4 is 21.6 Å². The number of likely N-dealkylation sites (N-methyl/N-ethyl adjacent to an activating group) is 1. The minimum Gasteiger partial charge on any atom is -0.398 e. The highest BCUT2D eigenvalue weighted by molar-refractivity contribution is 9.10. The first-order valence-electron chi connectivity index (χ1n) is 6.10. The molecule has 94 valence electrons. The average Bonchev–Trinajstić information content (AvgIpc) is 2.49. The molecule has 1 aliphatic heterocycles. The molecule has 1 aliphatic rings. The molecule has 1 fully saturated rings. The Morgan fingerprint density at radius 3 is 2.82 bits per heavy atom. The molecule has 0 aromatic heterocycles. The van der Waals surface area contributed by atoms with Crippen molar-refractivity contribution in [3.05, 3.63) is 28.2 Å². The highest BCUT2D eigenvalue weighted by atomic mass is 79.9. The van der Waals surface area contributed by atoms with Gasteiger partial charge < -0.3 is 10.6 Å². The van der Waals surface area contributed by atoms with E-state index in [9.17, 15) is 0 Å². The van der Waals surface area contributed by atoms with Crippen molar-refractivity contribution in [2.24, 2.45) is 0 Å². The summed E-state index contributed by atoms with van der Waals surface area (Å²) in [7, 11) is 2.20. The molecule has 1 aromatic rings. The molecular formula is C13H20BrN3. The fraction of sp³-hybridized carbons (Fsp3) is 0.538. The van der Waals surface area contributed by atoms with Crippen LogP contribution in [0.2, 0.25) is 0 Å². The molecule has 0 amide bonds. The SMILES string of the molecule is CN1CCCN(Cc2ccc(Br)c(N)c2)CC1. The maximum Gasteiger partial charge on any atom is 0.0461 e. The second-order valence-corrected chi connectivity index (χ2v) is 5.64. The van der Waals surface area contributed by atoms with Crippen molar-refractivity contribution < 1.29 is 0 Å². The van der Waals surface area contributed by atoms with Crippen LogP contribution in [0.4, 0.5) is 5.69 Å². The van der Waals surface area contributed by atoms with Gasteiger partial charge in [0.05, 0.1) is 0 Å². The van der Waals surface area contributed by atoms with Crippen LogP contribution < -0.4 is 5.73 Å². The molecule has 17 heavy (non-hydrogen) atoms. The molecular weight excluding hydrogens is 278 g/mol. The third-order valence-corrected chi connectivity index (χ3v) is 4.00. The van der Waals surface area contributed by atoms with Crippen LogP contribution >= 0.6 is 15.9 Å². The molecule has 2 rings (SSSR count). The van der Waals surface area contributed by atoms with Crippen molar-refractivity contribution in [3.63, 3.8) is 0 Å². The molecule has 1 aromatic carbocycles. The summed E-state index contributed by atoms with van der Waals surface area (Å²) < 4.78 is 0.983. The van der Waals surface area contributed by atoms with E-state index in [1.807, 2.05) is 6.07 Å². The van der Waals surface area contributed by atoms with Gasteiger partial charge in [-0.2, -0.15) is 0 Å². The summed E-state index contributed by atoms with van der Waals surface area (Å²) in [5.74, 6) is 0. The van der Waals surface area contributed by atoms with Gasteiger partial charge in [-0.25, -0.2) is 0 Å². The van der Waals surface area contributed by atoms with Gasteiger partial charge in [0, 0.05) is 29.8 Å². The first-order valence-corrected chi connectivity index (χ1v) is 6.89. The van der Waals surface area contributed by atoms with Gasteiger partial charge in [0.2, 0.25) is 0 Å². The minimum absolute atomic E-state index is 0.828. The summed E-state index contributed by atoms with van der Waals surface area (Å²) in [6, 6.07) is 6.25. The van der Waals surface area contributed by atoms with E-state index in [-0.39, 0.29) is 0 Å². The average molecular weight is 298 g/mol. The molecule has 4 heteroatoms. The standard InChI is InChI=1S/C13H20BrN3/c1-16-5-2-6-17(8-7-16)10-11-3-4-12(14)13(15)9-11/h3-4,9H,2,5-8,10,15H2,1H3. The van der Waals surface area contributed by atoms with Gasteiger partial charge in [0.25, 0.3) is 0 Å². The predicted molar refractivity (Wildman–Crippen MR) is 75.9 cm³/mol. The summed E-state index contributed by atoms with van der Waals surface area (Å²) in [6.45, 7) is 5.70. The number of nitrogen functional groups attached to an aromatic ring is 1. The highest BCUT2D eigenvalue weighted by Gasteiger charge is 2.12. The van der Waals surface area contributed by atoms with Crippen LogP contribution in [0.25, 0.3) is 0 Å². The lowest BCUT2D eigenvalue weighted by Crippen LogP contribution is -2.28. The smallest absolute Gasteiger partial charge is 0.0461 e. The van der Waals surface area contributed by atoms with Gasteiger partial charge in [-0.05, 0) is 60.2 Å². The van der Waals surface area contributed by atoms with E-state index in [0.717, 1.165) is 29.8 Å². The number of nitrogens with two attached hydrogens (primary N) is 1. The van der Waals surface area contributed by atoms with Gasteiger partial charge >= 0.3 is 0 Å². The Hall–Kier alpha value is -0.580. The van der Waals surface area contributed by atoms with E-state index in [1.165, 1.54) is 25.1 Å². The Bertz CT molecular complexity index is 381. The lowest BCUT2D eigenvalue weighted by Gasteiger charge is -2.20. The maximum atomic E-state index is 5.91. The second-order valence-electron chi connectivity index (χ2n) is 4.79. The molecule has 2 N–H and O–H groups in total. The van der Waals surface area contributed by atoms with E-state index in [2.05, 4.69) is 44.9 Å². The van der Waals surface area contributed by atoms with Gasteiger partial charge in [-0.15, -0.1) is 0 Å². The van der Waals surface area contributed by atoms with Crippen molar-refractivity contribution in [2.75, 3.05) is 39.0 Å². The minimum atomic E-state index is 0.828. The number of halogens is 1. The van der Waals surface area contributed by atoms with Crippen LogP contribution in [-0.2, 0) is 6.54 Å². The van der Waals surface area contributed by atoms with Gasteiger partial charge in [-0.3, -0.25) is 4.90 Å². The first-order chi connectivity index (χ1) is 8.15. The fourth-order valence-electron chi connectivity index (χ4n) is 2.21. The molecule has 0 unspecified atom stereocenters. The van der Waals surface area contributed by atoms with Crippen molar-refractivity contribution in [2.45, 2.75) is 13.0 Å². The molecule has 0 atom stereocenters. The largest absolute Gasteiger partial charge is 0.398 e. The zero-order chi connectivity index (χ0) is 12.3. The third kappa shape index (κ3) is 3.69. The summed E-state index contributed by atoms with van der Waals surface area (Å²) in [5.41, 5.74) is 8.03. The molecule has 0 bridgehead atoms. The maximum absolute atomic E-state index is 5.91. The van der Waals surface area contributed by atoms with E-state index in [1.54, 1.807) is 0 Å². The zero-order valence-corrected chi connectivity index (χ0v) is 11.9. The van der Waals surface area contributed by atoms with Gasteiger partial charge in [0.15, 0.2) is 0 Å². The summed E-state index contributed by atoms with van der Waals surface area (Å²) in [4.78, 5) is 4.90. The van der Waals surface area contributed by atoms with Crippen molar-refractivity contribution in [3.8, 4) is 0 Å². The monoisotopic (exact) mass is 297 g/mol. The molecule has 1 heterocycles. The zero-order valence-electron chi connectivity index (χ0n) is 10.3. The van der Waals surface area contributed by atoms with E-state index >= 15 is 0 Å². The van der Waals surface area contributed by atoms with Crippen LogP contribution in [0.15, 0.2) is 22.7 Å². The van der Waals surface area contributed by atoms with Crippen LogP contribution in [0, 0.1) is 0 Å². The molecule has 0 radical (unpaired) electrons. The van der Waals surface area contributed by atoms with Gasteiger partial charge in [-0.1, -0.05) is 6.07 Å². The van der Waals surface area contributed by atoms with Crippen LogP contribution in [0.3, 0.4) is 0 Å². The van der Waals surface area contributed by atoms with E-state index in [0.29, 0.717) is 0 Å². The quantitative estimate of drug-likeness (QED) is 0.849. The van der Waals surface area contributed by atoms with Crippen LogP contribution in [0.1, 0.15) is 12.0 Å². The number of nitrogens with zero attached hydrogens (tertiary/aromatic N) is 2. The Kier molecular flexibility index (Phi) is 4.42. The van der Waals surface area contributed by atoms with Crippen LogP contribution in [0.5, 0.6) is 0 Å². The fourth-order valence-corrected chi connectivity index (χ4v) is 2.45. The predicted octanol–water partition coefficient (Wildman–Crippen LogP) is 2.17. The summed E-state index contributed by atoms with van der Waals surface area (Å²) in [5, 5.41) is 0. The molecule has 3 nitrogen and oxygen atoms in total.